The van der Waals surface area contributed by atoms with E-state index in [2.05, 4.69) is 5.32 Å². The second-order valence-electron chi connectivity index (χ2n) is 2.48. The molecule has 0 aliphatic heterocycles. The van der Waals surface area contributed by atoms with E-state index < -0.39 is 0 Å². The molecule has 0 aliphatic rings. The Hall–Kier alpha value is -1.22. The zero-order chi connectivity index (χ0) is 8.97. The van der Waals surface area contributed by atoms with Crippen molar-refractivity contribution in [3.63, 3.8) is 0 Å². The molecule has 0 fully saturated rings. The molecule has 0 atom stereocenters. The Morgan fingerprint density at radius 2 is 2.25 bits per heavy atom. The fourth-order valence-corrected chi connectivity index (χ4v) is 1.00. The molecule has 0 radical (unpaired) electrons. The highest BCUT2D eigenvalue weighted by Crippen LogP contribution is 2.26. The SMILES string of the molecule is C[N-]Cc1ccc(O)c(OC)c1. The van der Waals surface area contributed by atoms with Crippen molar-refractivity contribution in [1.29, 1.82) is 0 Å². The first-order valence-electron chi connectivity index (χ1n) is 3.69. The monoisotopic (exact) mass is 166 g/mol. The number of ether oxygens (including phenoxy) is 1. The number of methoxy groups -OCH3 is 1. The lowest BCUT2D eigenvalue weighted by molar-refractivity contribution is 0.373. The van der Waals surface area contributed by atoms with Crippen molar-refractivity contribution in [3.05, 3.63) is 29.1 Å². The van der Waals surface area contributed by atoms with Gasteiger partial charge in [-0.05, 0) is 12.1 Å². The fourth-order valence-electron chi connectivity index (χ4n) is 1.00. The maximum Gasteiger partial charge on any atom is 0.160 e. The lowest BCUT2D eigenvalue weighted by Gasteiger charge is -2.12. The highest BCUT2D eigenvalue weighted by molar-refractivity contribution is 5.42. The number of hydrogen-bond acceptors (Lipinski definition) is 2. The van der Waals surface area contributed by atoms with Crippen LogP contribution in [0.25, 0.3) is 5.32 Å². The smallest absolute Gasteiger partial charge is 0.160 e. The average molecular weight is 166 g/mol. The summed E-state index contributed by atoms with van der Waals surface area (Å²) in [6.07, 6.45) is 0. The number of hydrogen-bond donors (Lipinski definition) is 1. The van der Waals surface area contributed by atoms with E-state index in [0.717, 1.165) is 5.56 Å². The van der Waals surface area contributed by atoms with E-state index >= 15 is 0 Å². The first-order valence-corrected chi connectivity index (χ1v) is 3.69. The van der Waals surface area contributed by atoms with Gasteiger partial charge in [-0.25, -0.2) is 0 Å². The van der Waals surface area contributed by atoms with Crippen LogP contribution >= 0.6 is 0 Å². The van der Waals surface area contributed by atoms with Crippen LogP contribution in [0.1, 0.15) is 5.56 Å². The minimum absolute atomic E-state index is 0.164. The molecule has 12 heavy (non-hydrogen) atoms. The molecule has 1 rings (SSSR count). The van der Waals surface area contributed by atoms with Gasteiger partial charge in [0.1, 0.15) is 0 Å². The quantitative estimate of drug-likeness (QED) is 0.745. The lowest BCUT2D eigenvalue weighted by Crippen LogP contribution is -1.87. The molecular formula is C9H12NO2-. The van der Waals surface area contributed by atoms with Gasteiger partial charge in [-0.1, -0.05) is 11.6 Å². The second-order valence-corrected chi connectivity index (χ2v) is 2.48. The summed E-state index contributed by atoms with van der Waals surface area (Å²) < 4.78 is 4.94. The average Bonchev–Trinajstić information content (AvgIpc) is 2.09. The Kier molecular flexibility index (Phi) is 2.94. The van der Waals surface area contributed by atoms with Crippen LogP contribution in [0, 0.1) is 0 Å². The lowest BCUT2D eigenvalue weighted by atomic mass is 10.2. The summed E-state index contributed by atoms with van der Waals surface area (Å²) in [6, 6.07) is 5.21. The molecule has 3 nitrogen and oxygen atoms in total. The van der Waals surface area contributed by atoms with Crippen molar-refractivity contribution in [3.8, 4) is 11.5 Å². The topological polar surface area (TPSA) is 43.6 Å². The maximum absolute atomic E-state index is 9.25. The van der Waals surface area contributed by atoms with E-state index in [9.17, 15) is 5.11 Å². The zero-order valence-electron chi connectivity index (χ0n) is 7.24. The van der Waals surface area contributed by atoms with Crippen molar-refractivity contribution in [2.75, 3.05) is 14.2 Å². The summed E-state index contributed by atoms with van der Waals surface area (Å²) in [5.41, 5.74) is 1.03. The minimum Gasteiger partial charge on any atom is -0.661 e. The van der Waals surface area contributed by atoms with Crippen LogP contribution in [-0.4, -0.2) is 19.3 Å². The van der Waals surface area contributed by atoms with Gasteiger partial charge in [0.2, 0.25) is 0 Å². The third-order valence-electron chi connectivity index (χ3n) is 1.58. The molecule has 1 aromatic rings. The van der Waals surface area contributed by atoms with Crippen molar-refractivity contribution >= 4 is 0 Å². The Labute approximate surface area is 72.0 Å². The van der Waals surface area contributed by atoms with Gasteiger partial charge >= 0.3 is 0 Å². The largest absolute Gasteiger partial charge is 0.661 e. The van der Waals surface area contributed by atoms with Gasteiger partial charge in [0.25, 0.3) is 0 Å². The van der Waals surface area contributed by atoms with Crippen LogP contribution in [0.2, 0.25) is 0 Å². The maximum atomic E-state index is 9.25. The van der Waals surface area contributed by atoms with Crippen LogP contribution < -0.4 is 4.74 Å². The highest BCUT2D eigenvalue weighted by atomic mass is 16.5. The molecular weight excluding hydrogens is 154 g/mol. The predicted molar refractivity (Wildman–Crippen MR) is 47.6 cm³/mol. The molecule has 0 aliphatic carbocycles. The van der Waals surface area contributed by atoms with E-state index in [-0.39, 0.29) is 5.75 Å². The van der Waals surface area contributed by atoms with E-state index in [4.69, 9.17) is 4.74 Å². The van der Waals surface area contributed by atoms with Crippen LogP contribution in [0.3, 0.4) is 0 Å². The number of benzene rings is 1. The summed E-state index contributed by atoms with van der Waals surface area (Å²) >= 11 is 0. The van der Waals surface area contributed by atoms with Gasteiger partial charge in [0, 0.05) is 0 Å². The number of nitrogens with zero attached hydrogens (tertiary/aromatic N) is 1. The van der Waals surface area contributed by atoms with Crippen molar-refractivity contribution in [2.45, 2.75) is 6.54 Å². The van der Waals surface area contributed by atoms with Crippen molar-refractivity contribution < 1.29 is 9.84 Å². The van der Waals surface area contributed by atoms with Gasteiger partial charge in [0.15, 0.2) is 11.5 Å². The summed E-state index contributed by atoms with van der Waals surface area (Å²) in [5.74, 6) is 0.661. The fraction of sp³-hybridized carbons (Fsp3) is 0.333. The Morgan fingerprint density at radius 1 is 1.50 bits per heavy atom. The molecule has 0 saturated carbocycles. The van der Waals surface area contributed by atoms with Gasteiger partial charge < -0.3 is 15.2 Å². The molecule has 1 N–H and O–H groups in total. The Balaban J connectivity index is 2.89. The van der Waals surface area contributed by atoms with Gasteiger partial charge in [-0.3, -0.25) is 0 Å². The molecule has 1 aromatic carbocycles. The third-order valence-corrected chi connectivity index (χ3v) is 1.58. The van der Waals surface area contributed by atoms with Crippen LogP contribution in [0.5, 0.6) is 11.5 Å². The van der Waals surface area contributed by atoms with Crippen molar-refractivity contribution in [1.82, 2.24) is 0 Å². The van der Waals surface area contributed by atoms with Crippen LogP contribution in [0.15, 0.2) is 18.2 Å². The molecule has 0 saturated heterocycles. The molecule has 0 aromatic heterocycles. The number of rotatable bonds is 3. The van der Waals surface area contributed by atoms with E-state index in [1.807, 2.05) is 6.07 Å². The van der Waals surface area contributed by atoms with Gasteiger partial charge in [-0.2, -0.15) is 7.05 Å². The zero-order valence-corrected chi connectivity index (χ0v) is 7.24. The van der Waals surface area contributed by atoms with Crippen molar-refractivity contribution in [2.24, 2.45) is 0 Å². The Morgan fingerprint density at radius 3 is 2.83 bits per heavy atom. The minimum atomic E-state index is 0.164. The Bertz CT molecular complexity index is 261. The van der Waals surface area contributed by atoms with E-state index in [0.29, 0.717) is 12.3 Å². The van der Waals surface area contributed by atoms with Gasteiger partial charge in [-0.15, -0.1) is 6.54 Å². The third kappa shape index (κ3) is 1.89. The van der Waals surface area contributed by atoms with E-state index in [1.165, 1.54) is 7.11 Å². The molecule has 3 heteroatoms. The molecule has 0 heterocycles. The number of aromatic hydroxyl groups is 1. The first kappa shape index (κ1) is 8.87. The van der Waals surface area contributed by atoms with E-state index in [1.54, 1.807) is 19.2 Å². The molecule has 0 bridgehead atoms. The summed E-state index contributed by atoms with van der Waals surface area (Å²) in [5, 5.41) is 13.2. The van der Waals surface area contributed by atoms with Gasteiger partial charge in [0.05, 0.1) is 7.11 Å². The normalized spacial score (nSPS) is 9.83. The second kappa shape index (κ2) is 3.97. The molecule has 0 spiro atoms. The summed E-state index contributed by atoms with van der Waals surface area (Å²) in [6.45, 7) is 0.649. The molecule has 0 unspecified atom stereocenters. The summed E-state index contributed by atoms with van der Waals surface area (Å²) in [7, 11) is 3.28. The first-order chi connectivity index (χ1) is 5.77. The molecule has 0 amide bonds. The standard InChI is InChI=1S/C9H12NO2/c1-10-6-7-3-4-8(11)9(5-7)12-2/h3-5,11H,6H2,1-2H3/q-1. The van der Waals surface area contributed by atoms with Crippen LogP contribution in [0.4, 0.5) is 0 Å². The molecule has 66 valence electrons. The predicted octanol–water partition coefficient (Wildman–Crippen LogP) is 1.90. The highest BCUT2D eigenvalue weighted by Gasteiger charge is 1.98. The van der Waals surface area contributed by atoms with Crippen LogP contribution in [-0.2, 0) is 6.54 Å². The number of phenols is 1. The summed E-state index contributed by atoms with van der Waals surface area (Å²) in [4.78, 5) is 0. The number of phenolic OH excluding ortho intramolecular Hbond substituents is 1.